The molecule has 1 aromatic rings. The molecular weight excluding hydrogens is 274 g/mol. The number of carboxylic acids is 1. The van der Waals surface area contributed by atoms with Crippen molar-refractivity contribution in [1.82, 2.24) is 0 Å². The van der Waals surface area contributed by atoms with E-state index in [4.69, 9.17) is 25.1 Å². The Morgan fingerprint density at radius 2 is 2.10 bits per heavy atom. The summed E-state index contributed by atoms with van der Waals surface area (Å²) in [7, 11) is 0. The molecule has 0 radical (unpaired) electrons. The van der Waals surface area contributed by atoms with E-state index in [1.807, 2.05) is 0 Å². The van der Waals surface area contributed by atoms with Crippen molar-refractivity contribution in [3.63, 3.8) is 0 Å². The molecule has 1 fully saturated rings. The Balaban J connectivity index is 1.69. The second-order valence-corrected chi connectivity index (χ2v) is 4.90. The van der Waals surface area contributed by atoms with Crippen molar-refractivity contribution < 1.29 is 24.1 Å². The Bertz CT molecular complexity index is 442. The third-order valence-corrected chi connectivity index (χ3v) is 3.30. The molecule has 0 unspecified atom stereocenters. The van der Waals surface area contributed by atoms with Crippen molar-refractivity contribution >= 4 is 5.97 Å². The lowest BCUT2D eigenvalue weighted by Gasteiger charge is -2.22. The first-order chi connectivity index (χ1) is 10.2. The van der Waals surface area contributed by atoms with Gasteiger partial charge >= 0.3 is 5.97 Å². The monoisotopic (exact) mass is 295 g/mol. The summed E-state index contributed by atoms with van der Waals surface area (Å²) >= 11 is 0. The first-order valence-corrected chi connectivity index (χ1v) is 7.11. The van der Waals surface area contributed by atoms with Gasteiger partial charge in [-0.25, -0.2) is 0 Å². The molecular formula is C15H21NO5. The largest absolute Gasteiger partial charge is 0.491 e. The fourth-order valence-electron chi connectivity index (χ4n) is 2.10. The average Bonchev–Trinajstić information content (AvgIpc) is 2.52. The molecule has 0 aliphatic carbocycles. The summed E-state index contributed by atoms with van der Waals surface area (Å²) in [6, 6.07) is 5.70. The Hall–Kier alpha value is -1.63. The average molecular weight is 295 g/mol. The van der Waals surface area contributed by atoms with Gasteiger partial charge in [-0.3, -0.25) is 4.79 Å². The maximum atomic E-state index is 10.8. The molecule has 2 atom stereocenters. The van der Waals surface area contributed by atoms with Crippen LogP contribution in [-0.4, -0.2) is 37.2 Å². The van der Waals surface area contributed by atoms with Gasteiger partial charge in [0.1, 0.15) is 18.4 Å². The first-order valence-electron chi connectivity index (χ1n) is 7.11. The van der Waals surface area contributed by atoms with Gasteiger partial charge in [0.15, 0.2) is 6.29 Å². The number of carboxylic acid groups (broad SMARTS) is 1. The van der Waals surface area contributed by atoms with E-state index in [-0.39, 0.29) is 6.29 Å². The number of nitrogens with two attached hydrogens (primary N) is 1. The molecule has 0 amide bonds. The van der Waals surface area contributed by atoms with Gasteiger partial charge in [0.05, 0.1) is 6.61 Å². The normalized spacial score (nSPS) is 20.0. The lowest BCUT2D eigenvalue weighted by atomic mass is 10.1. The van der Waals surface area contributed by atoms with Gasteiger partial charge in [-0.15, -0.1) is 0 Å². The van der Waals surface area contributed by atoms with Crippen molar-refractivity contribution in [2.45, 2.75) is 31.6 Å². The molecule has 1 saturated heterocycles. The fraction of sp³-hybridized carbons (Fsp3) is 0.533. The SMILES string of the molecule is N[C@@H](C(=O)O)c1ccc(OCCO[C@@H]2CCCCO2)cc1. The van der Waals surface area contributed by atoms with Crippen LogP contribution in [0.15, 0.2) is 24.3 Å². The molecule has 1 aliphatic rings. The Kier molecular flexibility index (Phi) is 5.98. The van der Waals surface area contributed by atoms with Crippen LogP contribution in [0.2, 0.25) is 0 Å². The second kappa shape index (κ2) is 7.97. The highest BCUT2D eigenvalue weighted by atomic mass is 16.7. The Morgan fingerprint density at radius 3 is 2.71 bits per heavy atom. The maximum absolute atomic E-state index is 10.8. The minimum atomic E-state index is -1.05. The molecule has 0 bridgehead atoms. The van der Waals surface area contributed by atoms with E-state index in [9.17, 15) is 4.79 Å². The van der Waals surface area contributed by atoms with Crippen molar-refractivity contribution in [3.8, 4) is 5.75 Å². The third kappa shape index (κ3) is 5.00. The minimum Gasteiger partial charge on any atom is -0.491 e. The molecule has 1 aliphatic heterocycles. The van der Waals surface area contributed by atoms with Gasteiger partial charge in [0, 0.05) is 6.61 Å². The van der Waals surface area contributed by atoms with Gasteiger partial charge in [-0.05, 0) is 37.0 Å². The molecule has 0 spiro atoms. The van der Waals surface area contributed by atoms with Crippen molar-refractivity contribution in [2.24, 2.45) is 5.73 Å². The Morgan fingerprint density at radius 1 is 1.33 bits per heavy atom. The predicted octanol–water partition coefficient (Wildman–Crippen LogP) is 1.69. The highest BCUT2D eigenvalue weighted by Gasteiger charge is 2.14. The molecule has 116 valence electrons. The van der Waals surface area contributed by atoms with Crippen LogP contribution in [0.5, 0.6) is 5.75 Å². The number of ether oxygens (including phenoxy) is 3. The predicted molar refractivity (Wildman–Crippen MR) is 76.0 cm³/mol. The molecule has 6 heteroatoms. The zero-order chi connectivity index (χ0) is 15.1. The molecule has 0 aromatic heterocycles. The van der Waals surface area contributed by atoms with Gasteiger partial charge in [-0.1, -0.05) is 12.1 Å². The van der Waals surface area contributed by atoms with Crippen LogP contribution in [0, 0.1) is 0 Å². The quantitative estimate of drug-likeness (QED) is 0.744. The van der Waals surface area contributed by atoms with E-state index in [0.717, 1.165) is 25.9 Å². The standard InChI is InChI=1S/C15H21NO5/c16-14(15(17)18)11-4-6-12(7-5-11)19-9-10-21-13-3-1-2-8-20-13/h4-7,13-14H,1-3,8-10,16H2,(H,17,18)/t13-,14-/m1/s1. The zero-order valence-electron chi connectivity index (χ0n) is 11.9. The highest BCUT2D eigenvalue weighted by molar-refractivity contribution is 5.75. The summed E-state index contributed by atoms with van der Waals surface area (Å²) < 4.78 is 16.5. The number of hydrogen-bond donors (Lipinski definition) is 2. The van der Waals surface area contributed by atoms with E-state index in [2.05, 4.69) is 0 Å². The lowest BCUT2D eigenvalue weighted by molar-refractivity contribution is -0.165. The van der Waals surface area contributed by atoms with Gasteiger partial charge in [0.25, 0.3) is 0 Å². The molecule has 0 saturated carbocycles. The number of rotatable bonds is 7. The Labute approximate surface area is 123 Å². The van der Waals surface area contributed by atoms with Crippen LogP contribution in [-0.2, 0) is 14.3 Å². The number of hydrogen-bond acceptors (Lipinski definition) is 5. The molecule has 3 N–H and O–H groups in total. The third-order valence-electron chi connectivity index (χ3n) is 3.30. The first kappa shape index (κ1) is 15.8. The zero-order valence-corrected chi connectivity index (χ0v) is 11.9. The van der Waals surface area contributed by atoms with Crippen LogP contribution >= 0.6 is 0 Å². The summed E-state index contributed by atoms with van der Waals surface area (Å²) in [6.45, 7) is 1.64. The molecule has 21 heavy (non-hydrogen) atoms. The summed E-state index contributed by atoms with van der Waals surface area (Å²) in [4.78, 5) is 10.8. The van der Waals surface area contributed by atoms with Crippen LogP contribution in [0.4, 0.5) is 0 Å². The molecule has 1 heterocycles. The lowest BCUT2D eigenvalue weighted by Crippen LogP contribution is -2.24. The van der Waals surface area contributed by atoms with E-state index >= 15 is 0 Å². The number of carbonyl (C=O) groups is 1. The van der Waals surface area contributed by atoms with Crippen molar-refractivity contribution in [3.05, 3.63) is 29.8 Å². The van der Waals surface area contributed by atoms with Crippen molar-refractivity contribution in [1.29, 1.82) is 0 Å². The van der Waals surface area contributed by atoms with Gasteiger partial charge < -0.3 is 25.1 Å². The van der Waals surface area contributed by atoms with E-state index < -0.39 is 12.0 Å². The van der Waals surface area contributed by atoms with Crippen molar-refractivity contribution in [2.75, 3.05) is 19.8 Å². The molecule has 2 rings (SSSR count). The summed E-state index contributed by atoms with van der Waals surface area (Å²) in [5.74, 6) is -0.394. The van der Waals surface area contributed by atoms with Crippen LogP contribution in [0.3, 0.4) is 0 Å². The fourth-order valence-corrected chi connectivity index (χ4v) is 2.10. The van der Waals surface area contributed by atoms with E-state index in [0.29, 0.717) is 24.5 Å². The number of benzene rings is 1. The van der Waals surface area contributed by atoms with E-state index in [1.54, 1.807) is 24.3 Å². The van der Waals surface area contributed by atoms with E-state index in [1.165, 1.54) is 0 Å². The summed E-state index contributed by atoms with van der Waals surface area (Å²) in [6.07, 6.45) is 3.05. The smallest absolute Gasteiger partial charge is 0.325 e. The van der Waals surface area contributed by atoms with Gasteiger partial charge in [-0.2, -0.15) is 0 Å². The highest BCUT2D eigenvalue weighted by Crippen LogP contribution is 2.17. The maximum Gasteiger partial charge on any atom is 0.325 e. The second-order valence-electron chi connectivity index (χ2n) is 4.90. The van der Waals surface area contributed by atoms with Crippen LogP contribution in [0.1, 0.15) is 30.9 Å². The summed E-state index contributed by atoms with van der Waals surface area (Å²) in [5.41, 5.74) is 6.06. The molecule has 1 aromatic carbocycles. The van der Waals surface area contributed by atoms with Crippen LogP contribution in [0.25, 0.3) is 0 Å². The van der Waals surface area contributed by atoms with Gasteiger partial charge in [0.2, 0.25) is 0 Å². The minimum absolute atomic E-state index is 0.113. The summed E-state index contributed by atoms with van der Waals surface area (Å²) in [5, 5.41) is 8.82. The van der Waals surface area contributed by atoms with Crippen LogP contribution < -0.4 is 10.5 Å². The topological polar surface area (TPSA) is 91.0 Å². The molecule has 6 nitrogen and oxygen atoms in total. The number of aliphatic carboxylic acids is 1.